The van der Waals surface area contributed by atoms with Crippen LogP contribution in [0.25, 0.3) is 0 Å². The number of hydrogen-bond acceptors (Lipinski definition) is 4. The van der Waals surface area contributed by atoms with Crippen LogP contribution in [0.2, 0.25) is 0 Å². The van der Waals surface area contributed by atoms with Crippen molar-refractivity contribution in [1.29, 1.82) is 0 Å². The number of carbonyl (C=O) groups is 3. The van der Waals surface area contributed by atoms with Gasteiger partial charge in [-0.25, -0.2) is 4.79 Å². The molecule has 21 heavy (non-hydrogen) atoms. The van der Waals surface area contributed by atoms with Gasteiger partial charge in [-0.1, -0.05) is 0 Å². The maximum absolute atomic E-state index is 11.8. The van der Waals surface area contributed by atoms with E-state index in [2.05, 4.69) is 16.0 Å². The number of carboxylic acid groups (broad SMARTS) is 1. The van der Waals surface area contributed by atoms with Gasteiger partial charge in [-0.3, -0.25) is 9.59 Å². The lowest BCUT2D eigenvalue weighted by atomic mass is 9.93. The first kappa shape index (κ1) is 15.6. The summed E-state index contributed by atoms with van der Waals surface area (Å²) < 4.78 is 0. The Labute approximate surface area is 122 Å². The van der Waals surface area contributed by atoms with Crippen LogP contribution >= 0.6 is 0 Å². The summed E-state index contributed by atoms with van der Waals surface area (Å²) in [4.78, 5) is 34.4. The van der Waals surface area contributed by atoms with E-state index in [0.717, 1.165) is 12.8 Å². The summed E-state index contributed by atoms with van der Waals surface area (Å²) in [7, 11) is 0. The topological polar surface area (TPSA) is 128 Å². The first-order valence-corrected chi connectivity index (χ1v) is 7.15. The van der Waals surface area contributed by atoms with Crippen LogP contribution in [0.1, 0.15) is 32.6 Å². The highest BCUT2D eigenvalue weighted by molar-refractivity contribution is 5.84. The molecule has 0 spiro atoms. The smallest absolute Gasteiger partial charge is 0.404 e. The molecule has 0 aromatic rings. The lowest BCUT2D eigenvalue weighted by Crippen LogP contribution is -2.51. The van der Waals surface area contributed by atoms with Crippen molar-refractivity contribution in [2.75, 3.05) is 0 Å². The number of hydrogen-bond donors (Lipinski definition) is 5. The highest BCUT2D eigenvalue weighted by Gasteiger charge is 2.37. The molecule has 1 saturated heterocycles. The zero-order valence-electron chi connectivity index (χ0n) is 11.8. The van der Waals surface area contributed by atoms with Crippen LogP contribution in [-0.4, -0.2) is 52.4 Å². The van der Waals surface area contributed by atoms with Gasteiger partial charge in [0.15, 0.2) is 6.10 Å². The highest BCUT2D eigenvalue weighted by atomic mass is 16.4. The van der Waals surface area contributed by atoms with Crippen LogP contribution in [0.4, 0.5) is 4.79 Å². The lowest BCUT2D eigenvalue weighted by molar-refractivity contribution is -0.132. The Morgan fingerprint density at radius 2 is 2.10 bits per heavy atom. The predicted molar refractivity (Wildman–Crippen MR) is 72.4 cm³/mol. The number of carbonyl (C=O) groups excluding carboxylic acids is 2. The molecule has 1 saturated carbocycles. The van der Waals surface area contributed by atoms with Crippen LogP contribution in [0.5, 0.6) is 0 Å². The Bertz CT molecular complexity index is 438. The van der Waals surface area contributed by atoms with Gasteiger partial charge in [-0.2, -0.15) is 0 Å². The number of rotatable bonds is 6. The standard InChI is InChI=1S/C13H21N3O5/c1-6-4-7(11(18)14-6)5-9(16-13(20)21)10(17)12(19)15-8-2-3-8/h6-10,16-17H,2-5H2,1H3,(H,14,18)(H,15,19)(H,20,21)/t6-,7+,9?,10?/m1/s1. The van der Waals surface area contributed by atoms with E-state index in [0.29, 0.717) is 6.42 Å². The third kappa shape index (κ3) is 4.32. The summed E-state index contributed by atoms with van der Waals surface area (Å²) >= 11 is 0. The van der Waals surface area contributed by atoms with Gasteiger partial charge in [0.05, 0.1) is 6.04 Å². The molecule has 2 aliphatic rings. The molecule has 0 aromatic carbocycles. The summed E-state index contributed by atoms with van der Waals surface area (Å²) in [5.74, 6) is -1.17. The molecule has 8 heteroatoms. The summed E-state index contributed by atoms with van der Waals surface area (Å²) in [5, 5.41) is 26.4. The van der Waals surface area contributed by atoms with E-state index in [4.69, 9.17) is 5.11 Å². The summed E-state index contributed by atoms with van der Waals surface area (Å²) in [6, 6.07) is -0.903. The Balaban J connectivity index is 1.97. The van der Waals surface area contributed by atoms with Gasteiger partial charge in [-0.15, -0.1) is 0 Å². The van der Waals surface area contributed by atoms with Crippen molar-refractivity contribution in [2.45, 2.75) is 56.8 Å². The molecule has 5 N–H and O–H groups in total. The minimum absolute atomic E-state index is 0.0189. The van der Waals surface area contributed by atoms with Crippen LogP contribution < -0.4 is 16.0 Å². The van der Waals surface area contributed by atoms with Gasteiger partial charge in [0, 0.05) is 18.0 Å². The third-order valence-corrected chi connectivity index (χ3v) is 3.82. The molecule has 1 aliphatic heterocycles. The van der Waals surface area contributed by atoms with Crippen LogP contribution in [-0.2, 0) is 9.59 Å². The van der Waals surface area contributed by atoms with E-state index < -0.39 is 30.1 Å². The van der Waals surface area contributed by atoms with Crippen molar-refractivity contribution < 1.29 is 24.6 Å². The van der Waals surface area contributed by atoms with Crippen molar-refractivity contribution in [3.63, 3.8) is 0 Å². The van der Waals surface area contributed by atoms with E-state index in [-0.39, 0.29) is 24.4 Å². The van der Waals surface area contributed by atoms with Gasteiger partial charge in [0.2, 0.25) is 5.91 Å². The first-order valence-electron chi connectivity index (χ1n) is 7.15. The highest BCUT2D eigenvalue weighted by Crippen LogP contribution is 2.23. The largest absolute Gasteiger partial charge is 0.465 e. The van der Waals surface area contributed by atoms with Crippen LogP contribution in [0, 0.1) is 5.92 Å². The molecular weight excluding hydrogens is 278 g/mol. The van der Waals surface area contributed by atoms with Gasteiger partial charge in [0.25, 0.3) is 5.91 Å². The Morgan fingerprint density at radius 3 is 2.57 bits per heavy atom. The molecule has 1 aliphatic carbocycles. The molecule has 2 fully saturated rings. The number of aliphatic hydroxyl groups is 1. The van der Waals surface area contributed by atoms with Crippen molar-refractivity contribution in [2.24, 2.45) is 5.92 Å². The molecule has 2 rings (SSSR count). The molecule has 3 amide bonds. The molecule has 2 unspecified atom stereocenters. The van der Waals surface area contributed by atoms with Crippen LogP contribution in [0.3, 0.4) is 0 Å². The van der Waals surface area contributed by atoms with Crippen molar-refractivity contribution in [3.8, 4) is 0 Å². The van der Waals surface area contributed by atoms with Gasteiger partial charge in [-0.05, 0) is 32.6 Å². The van der Waals surface area contributed by atoms with Crippen LogP contribution in [0.15, 0.2) is 0 Å². The van der Waals surface area contributed by atoms with E-state index in [9.17, 15) is 19.5 Å². The van der Waals surface area contributed by atoms with Crippen molar-refractivity contribution >= 4 is 17.9 Å². The normalized spacial score (nSPS) is 27.6. The van der Waals surface area contributed by atoms with E-state index >= 15 is 0 Å². The molecule has 4 atom stereocenters. The lowest BCUT2D eigenvalue weighted by Gasteiger charge is -2.24. The Kier molecular flexibility index (Phi) is 4.66. The minimum Gasteiger partial charge on any atom is -0.465 e. The molecule has 118 valence electrons. The molecule has 0 aromatic heterocycles. The zero-order chi connectivity index (χ0) is 15.6. The quantitative estimate of drug-likeness (QED) is 0.438. The van der Waals surface area contributed by atoms with E-state index in [1.165, 1.54) is 0 Å². The third-order valence-electron chi connectivity index (χ3n) is 3.82. The molecule has 0 radical (unpaired) electrons. The molecule has 8 nitrogen and oxygen atoms in total. The van der Waals surface area contributed by atoms with E-state index in [1.54, 1.807) is 0 Å². The minimum atomic E-state index is -1.49. The second kappa shape index (κ2) is 6.30. The molecule has 0 bridgehead atoms. The fourth-order valence-electron chi connectivity index (χ4n) is 2.59. The summed E-state index contributed by atoms with van der Waals surface area (Å²) in [6.07, 6.45) is -0.416. The summed E-state index contributed by atoms with van der Waals surface area (Å²) in [5.41, 5.74) is 0. The Morgan fingerprint density at radius 1 is 1.43 bits per heavy atom. The molecule has 1 heterocycles. The predicted octanol–water partition coefficient (Wildman–Crippen LogP) is -0.823. The number of nitrogens with one attached hydrogen (secondary N) is 3. The Hall–Kier alpha value is -1.83. The number of aliphatic hydroxyl groups excluding tert-OH is 1. The fraction of sp³-hybridized carbons (Fsp3) is 0.769. The SMILES string of the molecule is C[C@@H]1C[C@@H](CC(NC(=O)O)C(O)C(=O)NC2CC2)C(=O)N1. The zero-order valence-corrected chi connectivity index (χ0v) is 11.8. The van der Waals surface area contributed by atoms with E-state index in [1.807, 2.05) is 6.92 Å². The average Bonchev–Trinajstić information content (AvgIpc) is 3.13. The first-order chi connectivity index (χ1) is 9.86. The fourth-order valence-corrected chi connectivity index (χ4v) is 2.59. The van der Waals surface area contributed by atoms with Crippen molar-refractivity contribution in [3.05, 3.63) is 0 Å². The maximum atomic E-state index is 11.8. The average molecular weight is 299 g/mol. The number of amides is 3. The second-order valence-corrected chi connectivity index (χ2v) is 5.86. The molecular formula is C13H21N3O5. The van der Waals surface area contributed by atoms with Gasteiger partial charge in [0.1, 0.15) is 0 Å². The summed E-state index contributed by atoms with van der Waals surface area (Å²) in [6.45, 7) is 1.85. The van der Waals surface area contributed by atoms with Gasteiger partial charge < -0.3 is 26.2 Å². The maximum Gasteiger partial charge on any atom is 0.404 e. The second-order valence-electron chi connectivity index (χ2n) is 5.86. The monoisotopic (exact) mass is 299 g/mol. The van der Waals surface area contributed by atoms with Crippen molar-refractivity contribution in [1.82, 2.24) is 16.0 Å². The van der Waals surface area contributed by atoms with Gasteiger partial charge >= 0.3 is 6.09 Å².